The van der Waals surface area contributed by atoms with E-state index in [4.69, 9.17) is 5.11 Å². The molecule has 1 aromatic carbocycles. The van der Waals surface area contributed by atoms with Crippen molar-refractivity contribution in [2.45, 2.75) is 12.7 Å². The molecule has 1 N–H and O–H groups in total. The minimum absolute atomic E-state index is 0.0758. The molecule has 6 heteroatoms. The van der Waals surface area contributed by atoms with Gasteiger partial charge in [0.25, 0.3) is 0 Å². The van der Waals surface area contributed by atoms with E-state index in [0.29, 0.717) is 0 Å². The molecule has 0 aliphatic heterocycles. The van der Waals surface area contributed by atoms with Gasteiger partial charge in [-0.15, -0.1) is 0 Å². The summed E-state index contributed by atoms with van der Waals surface area (Å²) in [6, 6.07) is 4.78. The molecular formula is C9H7F2O4-. The summed E-state index contributed by atoms with van der Waals surface area (Å²) in [7, 11) is 0. The van der Waals surface area contributed by atoms with Gasteiger partial charge < -0.3 is 19.7 Å². The van der Waals surface area contributed by atoms with E-state index in [9.17, 15) is 18.7 Å². The molecule has 0 heterocycles. The number of carbonyl (C=O) groups is 1. The van der Waals surface area contributed by atoms with Crippen LogP contribution < -0.4 is 9.84 Å². The Morgan fingerprint density at radius 1 is 1.47 bits per heavy atom. The zero-order chi connectivity index (χ0) is 11.4. The maximum Gasteiger partial charge on any atom is 0.387 e. The van der Waals surface area contributed by atoms with Gasteiger partial charge in [-0.05, 0) is 17.7 Å². The predicted molar refractivity (Wildman–Crippen MR) is 43.0 cm³/mol. The van der Waals surface area contributed by atoms with Gasteiger partial charge >= 0.3 is 6.61 Å². The number of hydrogen-bond acceptors (Lipinski definition) is 4. The van der Waals surface area contributed by atoms with Gasteiger partial charge in [-0.1, -0.05) is 12.1 Å². The van der Waals surface area contributed by atoms with Crippen LogP contribution in [-0.2, 0) is 4.79 Å². The molecule has 0 bridgehead atoms. The lowest BCUT2D eigenvalue weighted by Crippen LogP contribution is -2.29. The van der Waals surface area contributed by atoms with Gasteiger partial charge in [0.2, 0.25) is 0 Å². The number of aliphatic hydroxyl groups is 1. The average Bonchev–Trinajstić information content (AvgIpc) is 2.16. The summed E-state index contributed by atoms with van der Waals surface area (Å²) in [5, 5.41) is 19.3. The van der Waals surface area contributed by atoms with E-state index in [-0.39, 0.29) is 11.3 Å². The van der Waals surface area contributed by atoms with Crippen LogP contribution in [0.25, 0.3) is 0 Å². The third-order valence-corrected chi connectivity index (χ3v) is 1.62. The van der Waals surface area contributed by atoms with Crippen molar-refractivity contribution in [2.24, 2.45) is 0 Å². The zero-order valence-corrected chi connectivity index (χ0v) is 7.39. The Labute approximate surface area is 83.7 Å². The van der Waals surface area contributed by atoms with Gasteiger partial charge in [-0.3, -0.25) is 0 Å². The highest BCUT2D eigenvalue weighted by molar-refractivity contribution is 5.72. The minimum atomic E-state index is -3.00. The third-order valence-electron chi connectivity index (χ3n) is 1.62. The Hall–Kier alpha value is -1.69. The molecule has 0 aliphatic rings. The molecular weight excluding hydrogens is 210 g/mol. The Bertz CT molecular complexity index is 354. The normalized spacial score (nSPS) is 12.5. The summed E-state index contributed by atoms with van der Waals surface area (Å²) >= 11 is 0. The molecule has 0 saturated heterocycles. The summed E-state index contributed by atoms with van der Waals surface area (Å²) in [6.45, 7) is -3.00. The van der Waals surface area contributed by atoms with Crippen LogP contribution in [0.2, 0.25) is 0 Å². The monoisotopic (exact) mass is 217 g/mol. The van der Waals surface area contributed by atoms with E-state index in [1.165, 1.54) is 18.2 Å². The van der Waals surface area contributed by atoms with Crippen molar-refractivity contribution in [1.82, 2.24) is 0 Å². The minimum Gasteiger partial charge on any atom is -0.547 e. The summed E-state index contributed by atoms with van der Waals surface area (Å²) in [5.74, 6) is -1.92. The van der Waals surface area contributed by atoms with Crippen molar-refractivity contribution in [3.63, 3.8) is 0 Å². The van der Waals surface area contributed by atoms with Gasteiger partial charge in [0, 0.05) is 0 Å². The number of carboxylic acid groups (broad SMARTS) is 1. The van der Waals surface area contributed by atoms with Crippen LogP contribution in [-0.4, -0.2) is 17.7 Å². The van der Waals surface area contributed by atoms with Crippen LogP contribution >= 0.6 is 0 Å². The summed E-state index contributed by atoms with van der Waals surface area (Å²) in [6.07, 6.45) is -1.86. The van der Waals surface area contributed by atoms with E-state index in [2.05, 4.69) is 4.74 Å². The molecule has 0 saturated carbocycles. The van der Waals surface area contributed by atoms with E-state index < -0.39 is 18.7 Å². The number of carboxylic acids is 1. The molecule has 0 fully saturated rings. The Balaban J connectivity index is 2.87. The second-order valence-corrected chi connectivity index (χ2v) is 2.67. The molecule has 1 rings (SSSR count). The SMILES string of the molecule is O=C([O-])C(O)c1cccc(OC(F)F)c1. The first-order valence-electron chi connectivity index (χ1n) is 3.94. The maximum atomic E-state index is 11.8. The first-order valence-corrected chi connectivity index (χ1v) is 3.94. The first-order chi connectivity index (χ1) is 7.00. The molecule has 0 spiro atoms. The number of alkyl halides is 2. The Morgan fingerprint density at radius 2 is 2.13 bits per heavy atom. The Morgan fingerprint density at radius 3 is 2.67 bits per heavy atom. The molecule has 1 aromatic rings. The zero-order valence-electron chi connectivity index (χ0n) is 7.39. The van der Waals surface area contributed by atoms with Crippen LogP contribution in [0.4, 0.5) is 8.78 Å². The van der Waals surface area contributed by atoms with Gasteiger partial charge in [0.1, 0.15) is 11.9 Å². The van der Waals surface area contributed by atoms with Crippen molar-refractivity contribution < 1.29 is 28.5 Å². The van der Waals surface area contributed by atoms with E-state index in [1.807, 2.05) is 0 Å². The van der Waals surface area contributed by atoms with E-state index in [0.717, 1.165) is 6.07 Å². The smallest absolute Gasteiger partial charge is 0.387 e. The van der Waals surface area contributed by atoms with E-state index >= 15 is 0 Å². The number of benzene rings is 1. The molecule has 0 radical (unpaired) electrons. The summed E-state index contributed by atoms with van der Waals surface area (Å²) < 4.78 is 27.6. The maximum absolute atomic E-state index is 11.8. The number of aliphatic hydroxyl groups excluding tert-OH is 1. The lowest BCUT2D eigenvalue weighted by molar-refractivity contribution is -0.315. The molecule has 4 nitrogen and oxygen atoms in total. The van der Waals surface area contributed by atoms with Crippen molar-refractivity contribution in [3.8, 4) is 5.75 Å². The average molecular weight is 217 g/mol. The molecule has 1 unspecified atom stereocenters. The van der Waals surface area contributed by atoms with Crippen LogP contribution in [0.5, 0.6) is 5.75 Å². The van der Waals surface area contributed by atoms with Crippen molar-refractivity contribution >= 4 is 5.97 Å². The molecule has 0 aliphatic carbocycles. The second-order valence-electron chi connectivity index (χ2n) is 2.67. The van der Waals surface area contributed by atoms with Gasteiger partial charge in [-0.2, -0.15) is 8.78 Å². The van der Waals surface area contributed by atoms with Crippen molar-refractivity contribution in [1.29, 1.82) is 0 Å². The second kappa shape index (κ2) is 4.70. The quantitative estimate of drug-likeness (QED) is 0.774. The predicted octanol–water partition coefficient (Wildman–Crippen LogP) is 0.0713. The fourth-order valence-electron chi connectivity index (χ4n) is 0.997. The van der Waals surface area contributed by atoms with Crippen LogP contribution in [0.3, 0.4) is 0 Å². The fraction of sp³-hybridized carbons (Fsp3) is 0.222. The first kappa shape index (κ1) is 11.4. The molecule has 15 heavy (non-hydrogen) atoms. The molecule has 82 valence electrons. The molecule has 1 atom stereocenters. The highest BCUT2D eigenvalue weighted by Crippen LogP contribution is 2.20. The fourth-order valence-corrected chi connectivity index (χ4v) is 0.997. The van der Waals surface area contributed by atoms with Gasteiger partial charge in [-0.25, -0.2) is 0 Å². The summed E-state index contributed by atoms with van der Waals surface area (Å²) in [4.78, 5) is 10.3. The summed E-state index contributed by atoms with van der Waals surface area (Å²) in [5.41, 5.74) is -0.0758. The van der Waals surface area contributed by atoms with Crippen molar-refractivity contribution in [3.05, 3.63) is 29.8 Å². The van der Waals surface area contributed by atoms with Crippen LogP contribution in [0.1, 0.15) is 11.7 Å². The number of aliphatic carboxylic acids is 1. The molecule has 0 aromatic heterocycles. The van der Waals surface area contributed by atoms with Crippen LogP contribution in [0, 0.1) is 0 Å². The van der Waals surface area contributed by atoms with E-state index in [1.54, 1.807) is 0 Å². The molecule has 0 amide bonds. The largest absolute Gasteiger partial charge is 0.547 e. The topological polar surface area (TPSA) is 69.6 Å². The van der Waals surface area contributed by atoms with Crippen LogP contribution in [0.15, 0.2) is 24.3 Å². The van der Waals surface area contributed by atoms with Gasteiger partial charge in [0.15, 0.2) is 0 Å². The van der Waals surface area contributed by atoms with Crippen molar-refractivity contribution in [2.75, 3.05) is 0 Å². The number of halogens is 2. The Kier molecular flexibility index (Phi) is 3.56. The standard InChI is InChI=1S/C9H8F2O4/c10-9(11)15-6-3-1-2-5(4-6)7(12)8(13)14/h1-4,7,9,12H,(H,13,14)/p-1. The lowest BCUT2D eigenvalue weighted by Gasteiger charge is -2.13. The highest BCUT2D eigenvalue weighted by Gasteiger charge is 2.10. The number of rotatable bonds is 4. The lowest BCUT2D eigenvalue weighted by atomic mass is 10.1. The number of ether oxygens (including phenoxy) is 1. The number of carbonyl (C=O) groups excluding carboxylic acids is 1. The number of hydrogen-bond donors (Lipinski definition) is 1. The highest BCUT2D eigenvalue weighted by atomic mass is 19.3. The van der Waals surface area contributed by atoms with Gasteiger partial charge in [0.05, 0.1) is 5.97 Å². The third kappa shape index (κ3) is 3.17.